The molecule has 0 spiro atoms. The van der Waals surface area contributed by atoms with Gasteiger partial charge in [-0.05, 0) is 43.3 Å². The standard InChI is InChI=1S/C18H14F2N2O2/c1-2-24-18(23)11-4-3-5-12(10-11)22-15-8-9-21-17-14(20)7-6-13(19)16(15)17/h3-10H,2H2,1H3,(H,21,22). The van der Waals surface area contributed by atoms with Crippen molar-refractivity contribution >= 4 is 28.2 Å². The van der Waals surface area contributed by atoms with Gasteiger partial charge in [-0.15, -0.1) is 0 Å². The van der Waals surface area contributed by atoms with Crippen LogP contribution in [-0.2, 0) is 4.74 Å². The molecule has 0 aliphatic carbocycles. The average molecular weight is 328 g/mol. The highest BCUT2D eigenvalue weighted by molar-refractivity contribution is 5.95. The first-order valence-corrected chi connectivity index (χ1v) is 7.37. The summed E-state index contributed by atoms with van der Waals surface area (Å²) in [5, 5.41) is 3.05. The van der Waals surface area contributed by atoms with Crippen molar-refractivity contribution in [1.29, 1.82) is 0 Å². The number of nitrogens with one attached hydrogen (secondary N) is 1. The van der Waals surface area contributed by atoms with Crippen LogP contribution in [0.15, 0.2) is 48.7 Å². The van der Waals surface area contributed by atoms with E-state index in [9.17, 15) is 13.6 Å². The van der Waals surface area contributed by atoms with E-state index in [0.29, 0.717) is 16.9 Å². The lowest BCUT2D eigenvalue weighted by Crippen LogP contribution is -2.05. The van der Waals surface area contributed by atoms with E-state index in [1.807, 2.05) is 0 Å². The Morgan fingerprint density at radius 2 is 1.96 bits per heavy atom. The number of anilines is 2. The molecule has 1 aromatic heterocycles. The number of pyridine rings is 1. The van der Waals surface area contributed by atoms with E-state index < -0.39 is 17.6 Å². The molecule has 0 unspecified atom stereocenters. The Morgan fingerprint density at radius 3 is 2.75 bits per heavy atom. The zero-order valence-corrected chi connectivity index (χ0v) is 12.8. The van der Waals surface area contributed by atoms with Crippen LogP contribution in [0.3, 0.4) is 0 Å². The largest absolute Gasteiger partial charge is 0.462 e. The first-order valence-electron chi connectivity index (χ1n) is 7.37. The third-order valence-corrected chi connectivity index (χ3v) is 3.44. The number of hydrogen-bond acceptors (Lipinski definition) is 4. The second kappa shape index (κ2) is 6.62. The van der Waals surface area contributed by atoms with E-state index in [2.05, 4.69) is 10.3 Å². The minimum atomic E-state index is -0.602. The molecule has 2 aromatic carbocycles. The Balaban J connectivity index is 2.01. The van der Waals surface area contributed by atoms with Gasteiger partial charge in [0.25, 0.3) is 0 Å². The maximum absolute atomic E-state index is 14.1. The number of aromatic nitrogens is 1. The van der Waals surface area contributed by atoms with Gasteiger partial charge < -0.3 is 10.1 Å². The van der Waals surface area contributed by atoms with Gasteiger partial charge >= 0.3 is 5.97 Å². The molecule has 3 rings (SSSR count). The van der Waals surface area contributed by atoms with Gasteiger partial charge in [0.15, 0.2) is 0 Å². The maximum Gasteiger partial charge on any atom is 0.338 e. The van der Waals surface area contributed by atoms with Crippen LogP contribution in [0.1, 0.15) is 17.3 Å². The molecule has 4 nitrogen and oxygen atoms in total. The van der Waals surface area contributed by atoms with E-state index >= 15 is 0 Å². The van der Waals surface area contributed by atoms with Gasteiger partial charge in [-0.2, -0.15) is 0 Å². The third-order valence-electron chi connectivity index (χ3n) is 3.44. The lowest BCUT2D eigenvalue weighted by Gasteiger charge is -2.11. The van der Waals surface area contributed by atoms with Gasteiger partial charge in [0.2, 0.25) is 0 Å². The van der Waals surface area contributed by atoms with Crippen molar-refractivity contribution in [3.8, 4) is 0 Å². The Labute approximate surface area is 137 Å². The Morgan fingerprint density at radius 1 is 1.17 bits per heavy atom. The fourth-order valence-electron chi connectivity index (χ4n) is 2.39. The van der Waals surface area contributed by atoms with Crippen molar-refractivity contribution < 1.29 is 18.3 Å². The van der Waals surface area contributed by atoms with Crippen LogP contribution >= 0.6 is 0 Å². The predicted octanol–water partition coefficient (Wildman–Crippen LogP) is 4.43. The highest BCUT2D eigenvalue weighted by atomic mass is 19.1. The smallest absolute Gasteiger partial charge is 0.338 e. The fraction of sp³-hybridized carbons (Fsp3) is 0.111. The quantitative estimate of drug-likeness (QED) is 0.720. The van der Waals surface area contributed by atoms with E-state index in [1.165, 1.54) is 6.20 Å². The first-order chi connectivity index (χ1) is 11.6. The molecule has 24 heavy (non-hydrogen) atoms. The molecule has 0 saturated carbocycles. The van der Waals surface area contributed by atoms with Gasteiger partial charge in [-0.3, -0.25) is 4.98 Å². The molecule has 6 heteroatoms. The van der Waals surface area contributed by atoms with Crippen molar-refractivity contribution in [2.24, 2.45) is 0 Å². The zero-order valence-electron chi connectivity index (χ0n) is 12.8. The van der Waals surface area contributed by atoms with E-state index in [-0.39, 0.29) is 17.5 Å². The number of carbonyl (C=O) groups is 1. The van der Waals surface area contributed by atoms with Crippen LogP contribution in [0.2, 0.25) is 0 Å². The van der Waals surface area contributed by atoms with Gasteiger partial charge in [-0.25, -0.2) is 13.6 Å². The summed E-state index contributed by atoms with van der Waals surface area (Å²) < 4.78 is 32.9. The van der Waals surface area contributed by atoms with Crippen molar-refractivity contribution in [2.75, 3.05) is 11.9 Å². The highest BCUT2D eigenvalue weighted by Gasteiger charge is 2.12. The van der Waals surface area contributed by atoms with Crippen molar-refractivity contribution in [2.45, 2.75) is 6.92 Å². The van der Waals surface area contributed by atoms with Crippen LogP contribution in [0.25, 0.3) is 10.9 Å². The van der Waals surface area contributed by atoms with Crippen LogP contribution in [-0.4, -0.2) is 17.6 Å². The number of benzene rings is 2. The summed E-state index contributed by atoms with van der Waals surface area (Å²) >= 11 is 0. The van der Waals surface area contributed by atoms with E-state index in [4.69, 9.17) is 4.74 Å². The molecule has 0 amide bonds. The van der Waals surface area contributed by atoms with Crippen LogP contribution in [0, 0.1) is 11.6 Å². The average Bonchev–Trinajstić information content (AvgIpc) is 2.59. The number of carbonyl (C=O) groups excluding carboxylic acids is 1. The highest BCUT2D eigenvalue weighted by Crippen LogP contribution is 2.29. The summed E-state index contributed by atoms with van der Waals surface area (Å²) in [4.78, 5) is 15.7. The normalized spacial score (nSPS) is 10.6. The summed E-state index contributed by atoms with van der Waals surface area (Å²) in [6.45, 7) is 2.00. The van der Waals surface area contributed by atoms with Crippen molar-refractivity contribution in [3.63, 3.8) is 0 Å². The molecule has 0 aliphatic rings. The van der Waals surface area contributed by atoms with Crippen LogP contribution < -0.4 is 5.32 Å². The molecule has 0 bridgehead atoms. The Kier molecular flexibility index (Phi) is 4.37. The van der Waals surface area contributed by atoms with Crippen molar-refractivity contribution in [1.82, 2.24) is 4.98 Å². The molecule has 0 atom stereocenters. The maximum atomic E-state index is 14.1. The molecule has 3 aromatic rings. The molecule has 1 heterocycles. The van der Waals surface area contributed by atoms with E-state index in [0.717, 1.165) is 12.1 Å². The van der Waals surface area contributed by atoms with Gasteiger partial charge in [0.1, 0.15) is 17.2 Å². The minimum absolute atomic E-state index is 0.0541. The van der Waals surface area contributed by atoms with E-state index in [1.54, 1.807) is 37.3 Å². The van der Waals surface area contributed by atoms with Crippen LogP contribution in [0.5, 0.6) is 0 Å². The molecule has 122 valence electrons. The number of fused-ring (bicyclic) bond motifs is 1. The monoisotopic (exact) mass is 328 g/mol. The molecular formula is C18H14F2N2O2. The number of rotatable bonds is 4. The van der Waals surface area contributed by atoms with Gasteiger partial charge in [-0.1, -0.05) is 6.07 Å². The molecule has 0 saturated heterocycles. The SMILES string of the molecule is CCOC(=O)c1cccc(Nc2ccnc3c(F)ccc(F)c23)c1. The summed E-state index contributed by atoms with van der Waals surface area (Å²) in [5.41, 5.74) is 1.23. The Hall–Kier alpha value is -3.02. The summed E-state index contributed by atoms with van der Waals surface area (Å²) in [5.74, 6) is -1.63. The second-order valence-corrected chi connectivity index (χ2v) is 5.04. The summed E-state index contributed by atoms with van der Waals surface area (Å²) in [6.07, 6.45) is 1.39. The Bertz CT molecular complexity index is 913. The number of hydrogen-bond donors (Lipinski definition) is 1. The molecule has 0 fully saturated rings. The van der Waals surface area contributed by atoms with Gasteiger partial charge in [0.05, 0.1) is 23.2 Å². The summed E-state index contributed by atoms with van der Waals surface area (Å²) in [7, 11) is 0. The topological polar surface area (TPSA) is 51.2 Å². The minimum Gasteiger partial charge on any atom is -0.462 e. The number of halogens is 2. The zero-order chi connectivity index (χ0) is 17.1. The number of ether oxygens (including phenoxy) is 1. The first kappa shape index (κ1) is 15.9. The predicted molar refractivity (Wildman–Crippen MR) is 87.3 cm³/mol. The number of nitrogens with zero attached hydrogens (tertiary/aromatic N) is 1. The van der Waals surface area contributed by atoms with Crippen molar-refractivity contribution in [3.05, 3.63) is 65.9 Å². The fourth-order valence-corrected chi connectivity index (χ4v) is 2.39. The van der Waals surface area contributed by atoms with Crippen LogP contribution in [0.4, 0.5) is 20.2 Å². The molecular weight excluding hydrogens is 314 g/mol. The van der Waals surface area contributed by atoms with Gasteiger partial charge in [0, 0.05) is 11.9 Å². The molecule has 0 radical (unpaired) electrons. The third kappa shape index (κ3) is 3.03. The summed E-state index contributed by atoms with van der Waals surface area (Å²) in [6, 6.07) is 10.2. The lowest BCUT2D eigenvalue weighted by atomic mass is 10.1. The lowest BCUT2D eigenvalue weighted by molar-refractivity contribution is 0.0526. The number of esters is 1. The molecule has 0 aliphatic heterocycles. The second-order valence-electron chi connectivity index (χ2n) is 5.04. The molecule has 1 N–H and O–H groups in total.